The van der Waals surface area contributed by atoms with Crippen LogP contribution in [0.25, 0.3) is 0 Å². The van der Waals surface area contributed by atoms with Crippen LogP contribution in [0.3, 0.4) is 0 Å². The molecule has 1 aliphatic rings. The second kappa shape index (κ2) is 3.78. The van der Waals surface area contributed by atoms with E-state index in [4.69, 9.17) is 11.6 Å². The Bertz CT molecular complexity index is 179. The molecule has 0 aromatic carbocycles. The third-order valence-electron chi connectivity index (χ3n) is 3.48. The van der Waals surface area contributed by atoms with E-state index in [-0.39, 0.29) is 10.7 Å². The van der Waals surface area contributed by atoms with Gasteiger partial charge in [-0.05, 0) is 36.8 Å². The molecule has 12 heavy (non-hydrogen) atoms. The van der Waals surface area contributed by atoms with Gasteiger partial charge in [0.25, 0.3) is 0 Å². The standard InChI is InChI=1S/C10H17ClO/c1-3-10(9(11)12)7-5-4-6-8(10)2/h8H,3-7H2,1-2H3. The zero-order valence-corrected chi connectivity index (χ0v) is 8.66. The normalized spacial score (nSPS) is 36.4. The monoisotopic (exact) mass is 188 g/mol. The van der Waals surface area contributed by atoms with Crippen molar-refractivity contribution in [1.82, 2.24) is 0 Å². The summed E-state index contributed by atoms with van der Waals surface area (Å²) < 4.78 is 0. The molecule has 0 bridgehead atoms. The number of carbonyl (C=O) groups excluding carboxylic acids is 1. The van der Waals surface area contributed by atoms with Crippen LogP contribution in [0.4, 0.5) is 0 Å². The molecule has 1 saturated carbocycles. The van der Waals surface area contributed by atoms with Crippen molar-refractivity contribution in [1.29, 1.82) is 0 Å². The van der Waals surface area contributed by atoms with Gasteiger partial charge in [-0.15, -0.1) is 0 Å². The Morgan fingerprint density at radius 3 is 2.58 bits per heavy atom. The molecule has 0 heterocycles. The van der Waals surface area contributed by atoms with Gasteiger partial charge in [-0.1, -0.05) is 26.7 Å². The van der Waals surface area contributed by atoms with Crippen LogP contribution < -0.4 is 0 Å². The number of hydrogen-bond acceptors (Lipinski definition) is 1. The lowest BCUT2D eigenvalue weighted by molar-refractivity contribution is -0.125. The number of halogens is 1. The van der Waals surface area contributed by atoms with Crippen LogP contribution in [-0.2, 0) is 4.79 Å². The first-order valence-electron chi connectivity index (χ1n) is 4.83. The molecule has 1 fully saturated rings. The molecule has 70 valence electrons. The van der Waals surface area contributed by atoms with Crippen molar-refractivity contribution in [2.45, 2.75) is 46.0 Å². The van der Waals surface area contributed by atoms with E-state index in [0.29, 0.717) is 5.92 Å². The molecule has 0 N–H and O–H groups in total. The Hall–Kier alpha value is -0.0400. The molecule has 0 aromatic heterocycles. The second-order valence-corrected chi connectivity index (χ2v) is 4.27. The molecule has 2 heteroatoms. The molecular formula is C10H17ClO. The maximum absolute atomic E-state index is 11.3. The molecule has 2 atom stereocenters. The van der Waals surface area contributed by atoms with E-state index in [2.05, 4.69) is 13.8 Å². The number of rotatable bonds is 2. The smallest absolute Gasteiger partial charge is 0.228 e. The van der Waals surface area contributed by atoms with Gasteiger partial charge in [0.05, 0.1) is 0 Å². The fraction of sp³-hybridized carbons (Fsp3) is 0.900. The molecule has 1 nitrogen and oxygen atoms in total. The first-order chi connectivity index (χ1) is 5.63. The van der Waals surface area contributed by atoms with E-state index >= 15 is 0 Å². The zero-order valence-electron chi connectivity index (χ0n) is 7.90. The van der Waals surface area contributed by atoms with Gasteiger partial charge < -0.3 is 0 Å². The van der Waals surface area contributed by atoms with Crippen molar-refractivity contribution in [3.63, 3.8) is 0 Å². The van der Waals surface area contributed by atoms with Crippen molar-refractivity contribution in [3.05, 3.63) is 0 Å². The summed E-state index contributed by atoms with van der Waals surface area (Å²) in [6, 6.07) is 0. The van der Waals surface area contributed by atoms with Crippen molar-refractivity contribution in [2.75, 3.05) is 0 Å². The summed E-state index contributed by atoms with van der Waals surface area (Å²) in [5, 5.41) is -0.114. The first kappa shape index (κ1) is 10.0. The summed E-state index contributed by atoms with van der Waals surface area (Å²) in [4.78, 5) is 11.3. The fourth-order valence-corrected chi connectivity index (χ4v) is 2.78. The highest BCUT2D eigenvalue weighted by Gasteiger charge is 2.41. The minimum Gasteiger partial charge on any atom is -0.281 e. The van der Waals surface area contributed by atoms with Crippen LogP contribution in [0.5, 0.6) is 0 Å². The van der Waals surface area contributed by atoms with Crippen LogP contribution >= 0.6 is 11.6 Å². The van der Waals surface area contributed by atoms with Crippen LogP contribution in [0, 0.1) is 11.3 Å². The Balaban J connectivity index is 2.81. The maximum Gasteiger partial charge on any atom is 0.228 e. The lowest BCUT2D eigenvalue weighted by Gasteiger charge is -2.38. The Morgan fingerprint density at radius 2 is 2.25 bits per heavy atom. The van der Waals surface area contributed by atoms with Gasteiger partial charge >= 0.3 is 0 Å². The molecule has 0 aliphatic heterocycles. The molecular weight excluding hydrogens is 172 g/mol. The van der Waals surface area contributed by atoms with Gasteiger partial charge in [0.2, 0.25) is 5.24 Å². The van der Waals surface area contributed by atoms with Crippen LogP contribution in [0.15, 0.2) is 0 Å². The topological polar surface area (TPSA) is 17.1 Å². The maximum atomic E-state index is 11.3. The summed E-state index contributed by atoms with van der Waals surface area (Å²) in [5.41, 5.74) is -0.195. The summed E-state index contributed by atoms with van der Waals surface area (Å²) in [6.45, 7) is 4.23. The zero-order chi connectivity index (χ0) is 9.19. The quantitative estimate of drug-likeness (QED) is 0.608. The van der Waals surface area contributed by atoms with Crippen molar-refractivity contribution in [2.24, 2.45) is 11.3 Å². The number of carbonyl (C=O) groups is 1. The van der Waals surface area contributed by atoms with Crippen LogP contribution in [0.2, 0.25) is 0 Å². The van der Waals surface area contributed by atoms with E-state index in [0.717, 1.165) is 25.7 Å². The van der Waals surface area contributed by atoms with Gasteiger partial charge in [0.15, 0.2) is 0 Å². The molecule has 2 unspecified atom stereocenters. The molecule has 0 spiro atoms. The van der Waals surface area contributed by atoms with E-state index < -0.39 is 0 Å². The molecule has 0 saturated heterocycles. The molecule has 1 aliphatic carbocycles. The van der Waals surface area contributed by atoms with Gasteiger partial charge in [-0.2, -0.15) is 0 Å². The highest BCUT2D eigenvalue weighted by atomic mass is 35.5. The Morgan fingerprint density at radius 1 is 1.58 bits per heavy atom. The summed E-state index contributed by atoms with van der Waals surface area (Å²) >= 11 is 5.67. The Kier molecular flexibility index (Phi) is 3.16. The van der Waals surface area contributed by atoms with Gasteiger partial charge in [0, 0.05) is 5.41 Å². The SMILES string of the molecule is CCC1(C(=O)Cl)CCCCC1C. The van der Waals surface area contributed by atoms with E-state index in [1.165, 1.54) is 6.42 Å². The highest BCUT2D eigenvalue weighted by Crippen LogP contribution is 2.45. The van der Waals surface area contributed by atoms with Crippen molar-refractivity contribution < 1.29 is 4.79 Å². The van der Waals surface area contributed by atoms with E-state index in [1.54, 1.807) is 0 Å². The minimum atomic E-state index is -0.195. The average Bonchev–Trinajstić information content (AvgIpc) is 2.05. The van der Waals surface area contributed by atoms with Gasteiger partial charge in [-0.25, -0.2) is 0 Å². The highest BCUT2D eigenvalue weighted by molar-refractivity contribution is 6.64. The molecule has 0 radical (unpaired) electrons. The Labute approximate surface area is 79.5 Å². The lowest BCUT2D eigenvalue weighted by Crippen LogP contribution is -2.36. The average molecular weight is 189 g/mol. The van der Waals surface area contributed by atoms with Crippen molar-refractivity contribution >= 4 is 16.8 Å². The molecule has 1 rings (SSSR count). The van der Waals surface area contributed by atoms with Gasteiger partial charge in [-0.3, -0.25) is 4.79 Å². The lowest BCUT2D eigenvalue weighted by atomic mass is 9.66. The summed E-state index contributed by atoms with van der Waals surface area (Å²) in [5.74, 6) is 0.473. The summed E-state index contributed by atoms with van der Waals surface area (Å²) in [6.07, 6.45) is 5.47. The largest absolute Gasteiger partial charge is 0.281 e. The number of hydrogen-bond donors (Lipinski definition) is 0. The van der Waals surface area contributed by atoms with E-state index in [9.17, 15) is 4.79 Å². The summed E-state index contributed by atoms with van der Waals surface area (Å²) in [7, 11) is 0. The minimum absolute atomic E-state index is 0.114. The van der Waals surface area contributed by atoms with Crippen molar-refractivity contribution in [3.8, 4) is 0 Å². The predicted octanol–water partition coefficient (Wildman–Crippen LogP) is 3.36. The van der Waals surface area contributed by atoms with Crippen LogP contribution in [0.1, 0.15) is 46.0 Å². The fourth-order valence-electron chi connectivity index (χ4n) is 2.37. The third-order valence-corrected chi connectivity index (χ3v) is 3.85. The molecule has 0 aromatic rings. The molecule has 0 amide bonds. The third kappa shape index (κ3) is 1.52. The first-order valence-corrected chi connectivity index (χ1v) is 5.21. The van der Waals surface area contributed by atoms with Crippen LogP contribution in [-0.4, -0.2) is 5.24 Å². The second-order valence-electron chi connectivity index (χ2n) is 3.93. The van der Waals surface area contributed by atoms with Gasteiger partial charge in [0.1, 0.15) is 0 Å². The predicted molar refractivity (Wildman–Crippen MR) is 51.2 cm³/mol. The van der Waals surface area contributed by atoms with E-state index in [1.807, 2.05) is 0 Å².